The molecule has 0 amide bonds. The molecule has 3 nitrogen and oxygen atoms in total. The molecule has 1 aliphatic carbocycles. The lowest BCUT2D eigenvalue weighted by Crippen LogP contribution is -2.22. The monoisotopic (exact) mass is 265 g/mol. The number of nitrogens with zero attached hydrogens (tertiary/aromatic N) is 2. The largest absolute Gasteiger partial charge is 0.320 e. The van der Waals surface area contributed by atoms with Crippen molar-refractivity contribution in [3.8, 4) is 0 Å². The van der Waals surface area contributed by atoms with Crippen molar-refractivity contribution in [3.63, 3.8) is 0 Å². The molecule has 0 unspecified atom stereocenters. The minimum Gasteiger partial charge on any atom is -0.320 e. The average Bonchev–Trinajstić information content (AvgIpc) is 2.80. The highest BCUT2D eigenvalue weighted by atomic mass is 79.9. The second-order valence-electron chi connectivity index (χ2n) is 4.25. The van der Waals surface area contributed by atoms with Gasteiger partial charge in [-0.3, -0.25) is 0 Å². The molecule has 1 aliphatic rings. The highest BCUT2D eigenvalue weighted by Crippen LogP contribution is 2.44. The molecular formula is C11H12BrN3. The lowest BCUT2D eigenvalue weighted by Gasteiger charge is -2.09. The summed E-state index contributed by atoms with van der Waals surface area (Å²) in [5.41, 5.74) is 9.29. The predicted octanol–water partition coefficient (Wildman–Crippen LogP) is 2.35. The van der Waals surface area contributed by atoms with Gasteiger partial charge in [-0.2, -0.15) is 0 Å². The third-order valence-corrected chi connectivity index (χ3v) is 3.66. The normalized spacial score (nSPS) is 18.3. The van der Waals surface area contributed by atoms with Gasteiger partial charge in [-0.05, 0) is 47.8 Å². The number of aromatic nitrogens is 2. The molecule has 2 heterocycles. The van der Waals surface area contributed by atoms with Crippen molar-refractivity contribution in [3.05, 3.63) is 34.2 Å². The van der Waals surface area contributed by atoms with Crippen molar-refractivity contribution in [2.75, 3.05) is 0 Å². The molecule has 0 aromatic carbocycles. The zero-order chi connectivity index (χ0) is 10.6. The Morgan fingerprint density at radius 3 is 2.93 bits per heavy atom. The topological polar surface area (TPSA) is 43.3 Å². The molecule has 1 fully saturated rings. The molecule has 4 heteroatoms. The van der Waals surface area contributed by atoms with Crippen LogP contribution in [0.2, 0.25) is 0 Å². The molecule has 0 atom stereocenters. The van der Waals surface area contributed by atoms with Crippen LogP contribution in [0.1, 0.15) is 24.2 Å². The fraction of sp³-hybridized carbons (Fsp3) is 0.364. The van der Waals surface area contributed by atoms with Crippen molar-refractivity contribution < 1.29 is 0 Å². The van der Waals surface area contributed by atoms with Crippen molar-refractivity contribution >= 4 is 21.6 Å². The second kappa shape index (κ2) is 2.83. The summed E-state index contributed by atoms with van der Waals surface area (Å²) >= 11 is 3.51. The molecule has 2 aromatic rings. The van der Waals surface area contributed by atoms with Gasteiger partial charge in [-0.15, -0.1) is 0 Å². The first-order chi connectivity index (χ1) is 7.12. The summed E-state index contributed by atoms with van der Waals surface area (Å²) in [7, 11) is 0. The smallest absolute Gasteiger partial charge is 0.151 e. The first-order valence-electron chi connectivity index (χ1n) is 5.04. The Morgan fingerprint density at radius 1 is 1.53 bits per heavy atom. The van der Waals surface area contributed by atoms with Gasteiger partial charge in [0.15, 0.2) is 5.65 Å². The molecule has 78 valence electrons. The van der Waals surface area contributed by atoms with E-state index in [1.807, 2.05) is 25.3 Å². The molecule has 15 heavy (non-hydrogen) atoms. The molecule has 2 aromatic heterocycles. The van der Waals surface area contributed by atoms with Crippen LogP contribution < -0.4 is 5.73 Å². The number of rotatable bonds is 1. The molecule has 1 saturated carbocycles. The lowest BCUT2D eigenvalue weighted by atomic mass is 10.1. The van der Waals surface area contributed by atoms with E-state index in [-0.39, 0.29) is 5.54 Å². The standard InChI is InChI=1S/C11H12BrN3/c1-7-9(11(13)4-5-11)15-6-2-3-8(12)10(15)14-7/h2-3,6H,4-5,13H2,1H3. The third kappa shape index (κ3) is 1.25. The Kier molecular flexibility index (Phi) is 1.77. The van der Waals surface area contributed by atoms with Gasteiger partial charge >= 0.3 is 0 Å². The zero-order valence-corrected chi connectivity index (χ0v) is 10.1. The molecule has 2 N–H and O–H groups in total. The van der Waals surface area contributed by atoms with Gasteiger partial charge in [0.2, 0.25) is 0 Å². The van der Waals surface area contributed by atoms with Crippen LogP contribution in [0.5, 0.6) is 0 Å². The Bertz CT molecular complexity index is 540. The van der Waals surface area contributed by atoms with Crippen LogP contribution in [0.3, 0.4) is 0 Å². The van der Waals surface area contributed by atoms with Crippen LogP contribution in [0.25, 0.3) is 5.65 Å². The predicted molar refractivity (Wildman–Crippen MR) is 62.7 cm³/mol. The van der Waals surface area contributed by atoms with Crippen LogP contribution in [-0.2, 0) is 5.54 Å². The van der Waals surface area contributed by atoms with E-state index in [1.54, 1.807) is 0 Å². The summed E-state index contributed by atoms with van der Waals surface area (Å²) in [5.74, 6) is 0. The fourth-order valence-corrected chi connectivity index (χ4v) is 2.55. The van der Waals surface area contributed by atoms with Gasteiger partial charge in [0.05, 0.1) is 21.4 Å². The van der Waals surface area contributed by atoms with E-state index in [0.717, 1.165) is 28.7 Å². The number of fused-ring (bicyclic) bond motifs is 1. The summed E-state index contributed by atoms with van der Waals surface area (Å²) in [6.07, 6.45) is 4.16. The van der Waals surface area contributed by atoms with Gasteiger partial charge in [-0.1, -0.05) is 0 Å². The maximum absolute atomic E-state index is 6.25. The first-order valence-corrected chi connectivity index (χ1v) is 5.84. The Labute approximate surface area is 96.4 Å². The minimum atomic E-state index is -0.135. The summed E-state index contributed by atoms with van der Waals surface area (Å²) in [6.45, 7) is 2.03. The fourth-order valence-electron chi connectivity index (χ4n) is 2.12. The van der Waals surface area contributed by atoms with Gasteiger partial charge in [0.1, 0.15) is 0 Å². The van der Waals surface area contributed by atoms with E-state index in [0.29, 0.717) is 0 Å². The SMILES string of the molecule is Cc1nc2c(Br)cccn2c1C1(N)CC1. The molecule has 0 aliphatic heterocycles. The highest BCUT2D eigenvalue weighted by molar-refractivity contribution is 9.10. The summed E-state index contributed by atoms with van der Waals surface area (Å²) in [5, 5.41) is 0. The van der Waals surface area contributed by atoms with Crippen molar-refractivity contribution in [1.29, 1.82) is 0 Å². The van der Waals surface area contributed by atoms with Gasteiger partial charge < -0.3 is 10.1 Å². The maximum atomic E-state index is 6.25. The Balaban J connectivity index is 2.38. The van der Waals surface area contributed by atoms with E-state index in [1.165, 1.54) is 5.69 Å². The first kappa shape index (κ1) is 9.36. The van der Waals surface area contributed by atoms with Crippen molar-refractivity contribution in [2.45, 2.75) is 25.3 Å². The molecule has 0 radical (unpaired) electrons. The van der Waals surface area contributed by atoms with Crippen LogP contribution in [-0.4, -0.2) is 9.38 Å². The molecule has 0 bridgehead atoms. The second-order valence-corrected chi connectivity index (χ2v) is 5.11. The van der Waals surface area contributed by atoms with E-state index in [2.05, 4.69) is 25.3 Å². The van der Waals surface area contributed by atoms with Gasteiger partial charge in [0, 0.05) is 6.20 Å². The van der Waals surface area contributed by atoms with E-state index < -0.39 is 0 Å². The van der Waals surface area contributed by atoms with Gasteiger partial charge in [0.25, 0.3) is 0 Å². The summed E-state index contributed by atoms with van der Waals surface area (Å²) in [6, 6.07) is 4.01. The lowest BCUT2D eigenvalue weighted by molar-refractivity contribution is 0.691. The Morgan fingerprint density at radius 2 is 2.27 bits per heavy atom. The number of halogens is 1. The summed E-state index contributed by atoms with van der Waals surface area (Å²) in [4.78, 5) is 4.56. The van der Waals surface area contributed by atoms with E-state index >= 15 is 0 Å². The zero-order valence-electron chi connectivity index (χ0n) is 8.50. The number of pyridine rings is 1. The van der Waals surface area contributed by atoms with Crippen LogP contribution in [0.15, 0.2) is 22.8 Å². The molecule has 0 spiro atoms. The van der Waals surface area contributed by atoms with Crippen LogP contribution in [0.4, 0.5) is 0 Å². The van der Waals surface area contributed by atoms with Crippen molar-refractivity contribution in [1.82, 2.24) is 9.38 Å². The van der Waals surface area contributed by atoms with E-state index in [9.17, 15) is 0 Å². The van der Waals surface area contributed by atoms with Crippen LogP contribution in [0, 0.1) is 6.92 Å². The molecule has 0 saturated heterocycles. The number of aryl methyl sites for hydroxylation is 1. The Hall–Kier alpha value is -0.870. The number of nitrogens with two attached hydrogens (primary N) is 1. The molecule has 3 rings (SSSR count). The summed E-state index contributed by atoms with van der Waals surface area (Å²) < 4.78 is 3.12. The van der Waals surface area contributed by atoms with Gasteiger partial charge in [-0.25, -0.2) is 4.98 Å². The van der Waals surface area contributed by atoms with E-state index in [4.69, 9.17) is 5.73 Å². The highest BCUT2D eigenvalue weighted by Gasteiger charge is 2.44. The minimum absolute atomic E-state index is 0.135. The average molecular weight is 266 g/mol. The third-order valence-electron chi connectivity index (χ3n) is 3.04. The maximum Gasteiger partial charge on any atom is 0.151 e. The molecular weight excluding hydrogens is 254 g/mol. The van der Waals surface area contributed by atoms with Crippen LogP contribution >= 0.6 is 15.9 Å². The quantitative estimate of drug-likeness (QED) is 0.861. The number of hydrogen-bond donors (Lipinski definition) is 1. The number of imidazole rings is 1. The number of hydrogen-bond acceptors (Lipinski definition) is 2. The van der Waals surface area contributed by atoms with Crippen molar-refractivity contribution in [2.24, 2.45) is 5.73 Å².